The zero-order valence-electron chi connectivity index (χ0n) is 11.5. The predicted molar refractivity (Wildman–Crippen MR) is 74.6 cm³/mol. The summed E-state index contributed by atoms with van der Waals surface area (Å²) in [6.45, 7) is 3.70. The number of ether oxygens (including phenoxy) is 1. The van der Waals surface area contributed by atoms with Crippen LogP contribution in [0.4, 0.5) is 5.82 Å². The largest absolute Gasteiger partial charge is 0.476 e. The van der Waals surface area contributed by atoms with E-state index in [-0.39, 0.29) is 5.69 Å². The smallest absolute Gasteiger partial charge is 0.356 e. The molecule has 4 rings (SSSR count). The first-order chi connectivity index (χ1) is 10.2. The second-order valence-corrected chi connectivity index (χ2v) is 5.90. The maximum Gasteiger partial charge on any atom is 0.356 e. The summed E-state index contributed by atoms with van der Waals surface area (Å²) >= 11 is 0. The number of hydrogen-bond donors (Lipinski definition) is 1. The van der Waals surface area contributed by atoms with Crippen LogP contribution in [0.2, 0.25) is 0 Å². The lowest BCUT2D eigenvalue weighted by molar-refractivity contribution is -0.124. The summed E-state index contributed by atoms with van der Waals surface area (Å²) in [5.41, 5.74) is 0.981. The van der Waals surface area contributed by atoms with Gasteiger partial charge in [0.05, 0.1) is 13.2 Å². The molecule has 0 saturated carbocycles. The molecule has 0 unspecified atom stereocenters. The number of aromatic nitrogens is 3. The Morgan fingerprint density at radius 2 is 2.10 bits per heavy atom. The van der Waals surface area contributed by atoms with E-state index in [1.54, 1.807) is 6.20 Å². The molecule has 0 aliphatic carbocycles. The average Bonchev–Trinajstić information content (AvgIpc) is 2.89. The van der Waals surface area contributed by atoms with Crippen LogP contribution in [0, 0.1) is 5.41 Å². The molecular formula is C14H16N4O3. The lowest BCUT2D eigenvalue weighted by Crippen LogP contribution is -2.51. The average molecular weight is 288 g/mol. The van der Waals surface area contributed by atoms with Crippen LogP contribution in [0.5, 0.6) is 0 Å². The van der Waals surface area contributed by atoms with E-state index in [9.17, 15) is 4.79 Å². The number of rotatable bonds is 2. The summed E-state index contributed by atoms with van der Waals surface area (Å²) in [5.74, 6) is -0.152. The molecule has 4 heterocycles. The monoisotopic (exact) mass is 288 g/mol. The number of nitrogens with zero attached hydrogens (tertiary/aromatic N) is 4. The van der Waals surface area contributed by atoms with E-state index in [0.717, 1.165) is 45.0 Å². The van der Waals surface area contributed by atoms with E-state index in [1.807, 2.05) is 6.07 Å². The van der Waals surface area contributed by atoms with Gasteiger partial charge in [-0.25, -0.2) is 14.3 Å². The molecule has 2 aromatic rings. The SMILES string of the molecule is O=C(O)c1cc2nc(N3CCC4(CC3)COC4)ccn2n1. The number of fused-ring (bicyclic) bond motifs is 1. The summed E-state index contributed by atoms with van der Waals surface area (Å²) in [4.78, 5) is 17.7. The molecule has 2 aromatic heterocycles. The van der Waals surface area contributed by atoms with Gasteiger partial charge in [-0.15, -0.1) is 0 Å². The number of carboxylic acid groups (broad SMARTS) is 1. The van der Waals surface area contributed by atoms with Crippen molar-refractivity contribution in [1.29, 1.82) is 0 Å². The molecule has 110 valence electrons. The summed E-state index contributed by atoms with van der Waals surface area (Å²) in [6.07, 6.45) is 4.01. The first kappa shape index (κ1) is 12.6. The van der Waals surface area contributed by atoms with Crippen molar-refractivity contribution in [2.75, 3.05) is 31.2 Å². The molecule has 0 bridgehead atoms. The fraction of sp³-hybridized carbons (Fsp3) is 0.500. The molecule has 0 atom stereocenters. The number of carbonyl (C=O) groups is 1. The maximum absolute atomic E-state index is 10.9. The van der Waals surface area contributed by atoms with Crippen molar-refractivity contribution in [3.05, 3.63) is 24.0 Å². The summed E-state index contributed by atoms with van der Waals surface area (Å²) in [5, 5.41) is 12.9. The zero-order chi connectivity index (χ0) is 14.4. The van der Waals surface area contributed by atoms with Crippen LogP contribution in [-0.4, -0.2) is 52.0 Å². The second kappa shape index (κ2) is 4.42. The van der Waals surface area contributed by atoms with Gasteiger partial charge in [-0.3, -0.25) is 0 Å². The van der Waals surface area contributed by atoms with Crippen molar-refractivity contribution in [2.24, 2.45) is 5.41 Å². The Labute approximate surface area is 121 Å². The van der Waals surface area contributed by atoms with Crippen molar-refractivity contribution in [3.63, 3.8) is 0 Å². The third kappa shape index (κ3) is 2.04. The van der Waals surface area contributed by atoms with Crippen LogP contribution in [0.15, 0.2) is 18.3 Å². The van der Waals surface area contributed by atoms with Crippen LogP contribution in [0.25, 0.3) is 5.65 Å². The van der Waals surface area contributed by atoms with Crippen LogP contribution in [-0.2, 0) is 4.74 Å². The quantitative estimate of drug-likeness (QED) is 0.889. The number of hydrogen-bond acceptors (Lipinski definition) is 5. The molecule has 7 nitrogen and oxygen atoms in total. The minimum absolute atomic E-state index is 0.0175. The van der Waals surface area contributed by atoms with Crippen molar-refractivity contribution in [3.8, 4) is 0 Å². The fourth-order valence-electron chi connectivity index (χ4n) is 3.04. The van der Waals surface area contributed by atoms with Gasteiger partial charge < -0.3 is 14.7 Å². The Hall–Kier alpha value is -2.15. The topological polar surface area (TPSA) is 80.0 Å². The second-order valence-electron chi connectivity index (χ2n) is 5.90. The van der Waals surface area contributed by atoms with Crippen molar-refractivity contribution in [1.82, 2.24) is 14.6 Å². The summed E-state index contributed by atoms with van der Waals surface area (Å²) in [7, 11) is 0. The van der Waals surface area contributed by atoms with Gasteiger partial charge in [0.15, 0.2) is 11.3 Å². The minimum Gasteiger partial charge on any atom is -0.476 e. The summed E-state index contributed by atoms with van der Waals surface area (Å²) in [6, 6.07) is 3.39. The Kier molecular flexibility index (Phi) is 2.65. The van der Waals surface area contributed by atoms with E-state index in [4.69, 9.17) is 9.84 Å². The molecule has 2 fully saturated rings. The first-order valence-corrected chi connectivity index (χ1v) is 7.08. The molecular weight excluding hydrogens is 272 g/mol. The first-order valence-electron chi connectivity index (χ1n) is 7.08. The van der Waals surface area contributed by atoms with Crippen molar-refractivity contribution >= 4 is 17.4 Å². The van der Waals surface area contributed by atoms with Gasteiger partial charge in [0, 0.05) is 30.8 Å². The van der Waals surface area contributed by atoms with E-state index in [2.05, 4.69) is 15.0 Å². The van der Waals surface area contributed by atoms with Crippen LogP contribution in [0.3, 0.4) is 0 Å². The Morgan fingerprint density at radius 1 is 1.33 bits per heavy atom. The van der Waals surface area contributed by atoms with Crippen LogP contribution in [0.1, 0.15) is 23.3 Å². The molecule has 2 aliphatic rings. The van der Waals surface area contributed by atoms with E-state index >= 15 is 0 Å². The molecule has 1 N–H and O–H groups in total. The third-order valence-electron chi connectivity index (χ3n) is 4.49. The standard InChI is InChI=1S/C14H16N4O3/c19-13(20)10-7-12-15-11(1-4-18(12)16-10)17-5-2-14(3-6-17)8-21-9-14/h1,4,7H,2-3,5-6,8-9H2,(H,19,20). The minimum atomic E-state index is -1.04. The van der Waals surface area contributed by atoms with Gasteiger partial charge in [-0.05, 0) is 18.9 Å². The number of anilines is 1. The molecule has 1 spiro atoms. The molecule has 2 saturated heterocycles. The highest BCUT2D eigenvalue weighted by Crippen LogP contribution is 2.39. The van der Waals surface area contributed by atoms with Crippen molar-refractivity contribution in [2.45, 2.75) is 12.8 Å². The van der Waals surface area contributed by atoms with Gasteiger partial charge in [0.2, 0.25) is 0 Å². The number of piperidine rings is 1. The molecule has 0 amide bonds. The van der Waals surface area contributed by atoms with E-state index in [0.29, 0.717) is 11.1 Å². The fourth-order valence-corrected chi connectivity index (χ4v) is 3.04. The Balaban J connectivity index is 1.57. The van der Waals surface area contributed by atoms with Crippen LogP contribution < -0.4 is 4.90 Å². The summed E-state index contributed by atoms with van der Waals surface area (Å²) < 4.78 is 6.84. The highest BCUT2D eigenvalue weighted by Gasteiger charge is 2.41. The zero-order valence-corrected chi connectivity index (χ0v) is 11.5. The van der Waals surface area contributed by atoms with E-state index in [1.165, 1.54) is 10.6 Å². The Bertz CT molecular complexity index is 697. The molecule has 21 heavy (non-hydrogen) atoms. The highest BCUT2D eigenvalue weighted by atomic mass is 16.5. The highest BCUT2D eigenvalue weighted by molar-refractivity contribution is 5.86. The molecule has 7 heteroatoms. The third-order valence-corrected chi connectivity index (χ3v) is 4.49. The van der Waals surface area contributed by atoms with Gasteiger partial charge in [0.25, 0.3) is 0 Å². The number of carboxylic acids is 1. The van der Waals surface area contributed by atoms with Crippen LogP contribution >= 0.6 is 0 Å². The molecule has 0 radical (unpaired) electrons. The maximum atomic E-state index is 10.9. The number of aromatic carboxylic acids is 1. The lowest BCUT2D eigenvalue weighted by Gasteiger charge is -2.47. The molecule has 2 aliphatic heterocycles. The normalized spacial score (nSPS) is 20.7. The Morgan fingerprint density at radius 3 is 2.71 bits per heavy atom. The van der Waals surface area contributed by atoms with E-state index < -0.39 is 5.97 Å². The van der Waals surface area contributed by atoms with Gasteiger partial charge in [0.1, 0.15) is 5.82 Å². The lowest BCUT2D eigenvalue weighted by atomic mass is 9.77. The van der Waals surface area contributed by atoms with Gasteiger partial charge in [-0.1, -0.05) is 0 Å². The predicted octanol–water partition coefficient (Wildman–Crippen LogP) is 1.04. The van der Waals surface area contributed by atoms with Gasteiger partial charge in [-0.2, -0.15) is 5.10 Å². The van der Waals surface area contributed by atoms with Crippen molar-refractivity contribution < 1.29 is 14.6 Å². The van der Waals surface area contributed by atoms with Gasteiger partial charge >= 0.3 is 5.97 Å². The molecule has 0 aromatic carbocycles.